The largest absolute Gasteiger partial charge is 0.276 e. The van der Waals surface area contributed by atoms with Gasteiger partial charge in [-0.15, -0.1) is 0 Å². The summed E-state index contributed by atoms with van der Waals surface area (Å²) < 4.78 is 0. The second-order valence-electron chi connectivity index (χ2n) is 2.19. The van der Waals surface area contributed by atoms with E-state index in [0.717, 1.165) is 11.4 Å². The lowest BCUT2D eigenvalue weighted by molar-refractivity contribution is 0.905. The van der Waals surface area contributed by atoms with Gasteiger partial charge in [0.05, 0.1) is 11.4 Å². The minimum Gasteiger partial charge on any atom is -0.276 e. The molecule has 0 atom stereocenters. The van der Waals surface area contributed by atoms with Crippen molar-refractivity contribution in [2.24, 2.45) is 10.1 Å². The minimum atomic E-state index is 0.929. The number of hydrazone groups is 1. The quantitative estimate of drug-likeness (QED) is 0.542. The van der Waals surface area contributed by atoms with Gasteiger partial charge in [0.1, 0.15) is 0 Å². The van der Waals surface area contributed by atoms with Crippen molar-refractivity contribution in [3.8, 4) is 0 Å². The Balaban J connectivity index is 2.38. The van der Waals surface area contributed by atoms with Crippen molar-refractivity contribution >= 4 is 12.4 Å². The summed E-state index contributed by atoms with van der Waals surface area (Å²) in [6.45, 7) is 0. The van der Waals surface area contributed by atoms with Crippen LogP contribution in [-0.2, 0) is 0 Å². The summed E-state index contributed by atoms with van der Waals surface area (Å²) in [5.74, 6) is 0. The normalized spacial score (nSPS) is 19.6. The summed E-state index contributed by atoms with van der Waals surface area (Å²) in [7, 11) is 0. The van der Waals surface area contributed by atoms with Crippen LogP contribution in [-0.4, -0.2) is 12.4 Å². The highest BCUT2D eigenvalue weighted by Gasteiger charge is 2.05. The first kappa shape index (κ1) is 6.09. The third kappa shape index (κ3) is 1.12. The predicted octanol–water partition coefficient (Wildman–Crippen LogP) is 0.984. The van der Waals surface area contributed by atoms with E-state index in [2.05, 4.69) is 15.5 Å². The number of rotatable bonds is 0. The van der Waals surface area contributed by atoms with Crippen molar-refractivity contribution in [1.29, 1.82) is 0 Å². The second kappa shape index (κ2) is 2.54. The lowest BCUT2D eigenvalue weighted by Gasteiger charge is -2.02. The van der Waals surface area contributed by atoms with Gasteiger partial charge in [0.2, 0.25) is 0 Å². The molecule has 2 rings (SSSR count). The monoisotopic (exact) mass is 145 g/mol. The average Bonchev–Trinajstić information content (AvgIpc) is 2.35. The molecule has 0 amide bonds. The molecule has 54 valence electrons. The Kier molecular flexibility index (Phi) is 1.41. The Bertz CT molecular complexity index is 305. The molecule has 0 fully saturated rings. The van der Waals surface area contributed by atoms with Gasteiger partial charge in [0, 0.05) is 12.4 Å². The number of fused-ring (bicyclic) bond motifs is 1. The van der Waals surface area contributed by atoms with Gasteiger partial charge in [-0.1, -0.05) is 6.08 Å². The van der Waals surface area contributed by atoms with Gasteiger partial charge in [-0.25, -0.2) is 0 Å². The van der Waals surface area contributed by atoms with Crippen LogP contribution in [0.5, 0.6) is 0 Å². The number of aliphatic imine (C=N–C) groups is 1. The molecule has 0 aromatic carbocycles. The second-order valence-corrected chi connectivity index (χ2v) is 2.19. The molecule has 0 saturated carbocycles. The first-order chi connectivity index (χ1) is 5.47. The van der Waals surface area contributed by atoms with E-state index >= 15 is 0 Å². The molecule has 0 aromatic heterocycles. The number of hydrogen-bond donors (Lipinski definition) is 1. The number of hydrogen-bond acceptors (Lipinski definition) is 3. The van der Waals surface area contributed by atoms with Gasteiger partial charge in [-0.2, -0.15) is 5.10 Å². The molecule has 2 aliphatic rings. The van der Waals surface area contributed by atoms with Crippen LogP contribution >= 0.6 is 0 Å². The standard InChI is InChI=1S/C8H7N3/c1-2-5-10-11-8-4-6-9-7(8)3-1/h1-6,11H. The third-order valence-corrected chi connectivity index (χ3v) is 1.44. The van der Waals surface area contributed by atoms with Crippen LogP contribution in [0.4, 0.5) is 0 Å². The van der Waals surface area contributed by atoms with Gasteiger partial charge < -0.3 is 0 Å². The first-order valence-corrected chi connectivity index (χ1v) is 3.37. The van der Waals surface area contributed by atoms with Crippen molar-refractivity contribution in [2.45, 2.75) is 0 Å². The number of allylic oxidation sites excluding steroid dienone is 4. The molecule has 2 heterocycles. The topological polar surface area (TPSA) is 36.8 Å². The van der Waals surface area contributed by atoms with E-state index in [0.29, 0.717) is 0 Å². The third-order valence-electron chi connectivity index (χ3n) is 1.44. The minimum absolute atomic E-state index is 0.929. The van der Waals surface area contributed by atoms with Gasteiger partial charge in [-0.3, -0.25) is 10.4 Å². The van der Waals surface area contributed by atoms with Crippen LogP contribution < -0.4 is 5.43 Å². The number of nitrogens with zero attached hydrogens (tertiary/aromatic N) is 2. The van der Waals surface area contributed by atoms with Crippen LogP contribution in [0.15, 0.2) is 45.8 Å². The fourth-order valence-corrected chi connectivity index (χ4v) is 0.921. The molecule has 0 saturated heterocycles. The Morgan fingerprint density at radius 2 is 2.09 bits per heavy atom. The van der Waals surface area contributed by atoms with E-state index in [-0.39, 0.29) is 0 Å². The molecular weight excluding hydrogens is 138 g/mol. The van der Waals surface area contributed by atoms with Crippen molar-refractivity contribution < 1.29 is 0 Å². The molecule has 0 aliphatic carbocycles. The molecule has 11 heavy (non-hydrogen) atoms. The zero-order valence-electron chi connectivity index (χ0n) is 5.86. The Labute approximate surface area is 64.5 Å². The summed E-state index contributed by atoms with van der Waals surface area (Å²) in [5, 5.41) is 3.92. The van der Waals surface area contributed by atoms with Crippen molar-refractivity contribution in [3.05, 3.63) is 35.7 Å². The molecule has 2 aliphatic heterocycles. The lowest BCUT2D eigenvalue weighted by atomic mass is 10.3. The van der Waals surface area contributed by atoms with Crippen LogP contribution in [0.25, 0.3) is 0 Å². The van der Waals surface area contributed by atoms with Crippen molar-refractivity contribution in [3.63, 3.8) is 0 Å². The average molecular weight is 145 g/mol. The fraction of sp³-hybridized carbons (Fsp3) is 0. The summed E-state index contributed by atoms with van der Waals surface area (Å²) >= 11 is 0. The maximum absolute atomic E-state index is 4.12. The highest BCUT2D eigenvalue weighted by molar-refractivity contribution is 5.80. The van der Waals surface area contributed by atoms with Crippen LogP contribution in [0.3, 0.4) is 0 Å². The zero-order valence-corrected chi connectivity index (χ0v) is 5.86. The molecule has 1 N–H and O–H groups in total. The summed E-state index contributed by atoms with van der Waals surface area (Å²) in [6.07, 6.45) is 11.0. The number of nitrogens with one attached hydrogen (secondary N) is 1. The molecular formula is C8H7N3. The fourth-order valence-electron chi connectivity index (χ4n) is 0.921. The van der Waals surface area contributed by atoms with E-state index in [9.17, 15) is 0 Å². The summed E-state index contributed by atoms with van der Waals surface area (Å²) in [6, 6.07) is 0. The SMILES string of the molecule is C1=CC=C2N=CC=C2NN=C1. The van der Waals surface area contributed by atoms with E-state index in [4.69, 9.17) is 0 Å². The molecule has 0 spiro atoms. The summed E-state index contributed by atoms with van der Waals surface area (Å²) in [5.41, 5.74) is 4.75. The molecule has 0 unspecified atom stereocenters. The van der Waals surface area contributed by atoms with Gasteiger partial charge in [0.15, 0.2) is 0 Å². The molecule has 0 radical (unpaired) electrons. The van der Waals surface area contributed by atoms with Crippen molar-refractivity contribution in [1.82, 2.24) is 5.43 Å². The van der Waals surface area contributed by atoms with Crippen LogP contribution in [0.1, 0.15) is 0 Å². The Morgan fingerprint density at radius 3 is 3.09 bits per heavy atom. The Morgan fingerprint density at radius 1 is 1.09 bits per heavy atom. The first-order valence-electron chi connectivity index (χ1n) is 3.37. The highest BCUT2D eigenvalue weighted by atomic mass is 15.3. The van der Waals surface area contributed by atoms with Gasteiger partial charge >= 0.3 is 0 Å². The zero-order chi connectivity index (χ0) is 7.52. The molecule has 0 aromatic rings. The van der Waals surface area contributed by atoms with Gasteiger partial charge in [-0.05, 0) is 18.2 Å². The smallest absolute Gasteiger partial charge is 0.0880 e. The van der Waals surface area contributed by atoms with Crippen LogP contribution in [0.2, 0.25) is 0 Å². The predicted molar refractivity (Wildman–Crippen MR) is 45.4 cm³/mol. The van der Waals surface area contributed by atoms with E-state index in [1.807, 2.05) is 24.3 Å². The van der Waals surface area contributed by atoms with E-state index in [1.54, 1.807) is 12.4 Å². The Hall–Kier alpha value is -1.64. The maximum Gasteiger partial charge on any atom is 0.0880 e. The highest BCUT2D eigenvalue weighted by Crippen LogP contribution is 2.13. The van der Waals surface area contributed by atoms with E-state index in [1.165, 1.54) is 0 Å². The maximum atomic E-state index is 4.12. The van der Waals surface area contributed by atoms with Gasteiger partial charge in [0.25, 0.3) is 0 Å². The van der Waals surface area contributed by atoms with Crippen molar-refractivity contribution in [2.75, 3.05) is 0 Å². The summed E-state index contributed by atoms with van der Waals surface area (Å²) in [4.78, 5) is 4.12. The molecule has 0 bridgehead atoms. The van der Waals surface area contributed by atoms with E-state index < -0.39 is 0 Å². The lowest BCUT2D eigenvalue weighted by Crippen LogP contribution is -2.05. The van der Waals surface area contributed by atoms with Crippen LogP contribution in [0, 0.1) is 0 Å². The molecule has 3 nitrogen and oxygen atoms in total. The molecule has 3 heteroatoms.